The lowest BCUT2D eigenvalue weighted by Crippen LogP contribution is -3.28. The van der Waals surface area contributed by atoms with Gasteiger partial charge < -0.3 is 15.1 Å². The van der Waals surface area contributed by atoms with E-state index in [-0.39, 0.29) is 5.91 Å². The third-order valence-electron chi connectivity index (χ3n) is 5.02. The van der Waals surface area contributed by atoms with Crippen molar-refractivity contribution in [3.8, 4) is 0 Å². The van der Waals surface area contributed by atoms with Crippen molar-refractivity contribution in [1.82, 2.24) is 0 Å². The molecule has 1 fully saturated rings. The van der Waals surface area contributed by atoms with Crippen LogP contribution >= 0.6 is 11.3 Å². The van der Waals surface area contributed by atoms with E-state index in [0.29, 0.717) is 6.54 Å². The van der Waals surface area contributed by atoms with E-state index in [1.807, 2.05) is 11.3 Å². The summed E-state index contributed by atoms with van der Waals surface area (Å²) in [4.78, 5) is 17.0. The average Bonchev–Trinajstić information content (AvgIpc) is 3.06. The standard InChI is InChI=1S/C20H27N3OS/c1-15-11-16(2)20(17(3)12-15)21-19(24)14-23-8-6-22(7-9-23)13-18-5-4-10-25-18/h4-5,10-12H,6-9,13-14H2,1-3H3,(H,21,24)/p+2. The molecule has 0 unspecified atom stereocenters. The second kappa shape index (κ2) is 8.13. The maximum atomic E-state index is 12.5. The van der Waals surface area contributed by atoms with Crippen LogP contribution in [0.1, 0.15) is 21.6 Å². The molecule has 0 radical (unpaired) electrons. The molecule has 3 rings (SSSR count). The van der Waals surface area contributed by atoms with E-state index in [4.69, 9.17) is 0 Å². The van der Waals surface area contributed by atoms with Crippen molar-refractivity contribution < 1.29 is 14.6 Å². The van der Waals surface area contributed by atoms with Gasteiger partial charge in [-0.05, 0) is 43.3 Å². The molecule has 1 aromatic carbocycles. The summed E-state index contributed by atoms with van der Waals surface area (Å²) in [7, 11) is 0. The van der Waals surface area contributed by atoms with Crippen molar-refractivity contribution >= 4 is 22.9 Å². The molecule has 1 aliphatic rings. The summed E-state index contributed by atoms with van der Waals surface area (Å²) in [5.41, 5.74) is 4.51. The maximum absolute atomic E-state index is 12.5. The first-order valence-corrected chi connectivity index (χ1v) is 9.96. The number of amides is 1. The second-order valence-electron chi connectivity index (χ2n) is 7.25. The number of nitrogens with one attached hydrogen (secondary N) is 3. The lowest BCUT2D eigenvalue weighted by Gasteiger charge is -2.29. The largest absolute Gasteiger partial charge is 0.321 e. The van der Waals surface area contributed by atoms with Crippen molar-refractivity contribution in [3.63, 3.8) is 0 Å². The van der Waals surface area contributed by atoms with Gasteiger partial charge in [0.1, 0.15) is 32.7 Å². The van der Waals surface area contributed by atoms with Crippen LogP contribution in [0.3, 0.4) is 0 Å². The van der Waals surface area contributed by atoms with Crippen LogP contribution in [0.15, 0.2) is 29.6 Å². The van der Waals surface area contributed by atoms with Crippen LogP contribution in [-0.2, 0) is 11.3 Å². The molecule has 0 spiro atoms. The van der Waals surface area contributed by atoms with Gasteiger partial charge in [-0.25, -0.2) is 0 Å². The summed E-state index contributed by atoms with van der Waals surface area (Å²) in [6.45, 7) is 12.3. The van der Waals surface area contributed by atoms with Crippen LogP contribution in [0, 0.1) is 20.8 Å². The highest BCUT2D eigenvalue weighted by Gasteiger charge is 2.25. The summed E-state index contributed by atoms with van der Waals surface area (Å²) < 4.78 is 0. The number of aryl methyl sites for hydroxylation is 3. The third-order valence-corrected chi connectivity index (χ3v) is 5.90. The van der Waals surface area contributed by atoms with Gasteiger partial charge in [0.25, 0.3) is 5.91 Å². The van der Waals surface area contributed by atoms with Crippen LogP contribution in [-0.4, -0.2) is 38.6 Å². The first-order valence-electron chi connectivity index (χ1n) is 9.08. The number of hydrogen-bond acceptors (Lipinski definition) is 2. The average molecular weight is 360 g/mol. The van der Waals surface area contributed by atoms with Gasteiger partial charge in [-0.15, -0.1) is 11.3 Å². The Hall–Kier alpha value is -1.69. The molecule has 1 amide bonds. The van der Waals surface area contributed by atoms with Gasteiger partial charge in [0, 0.05) is 5.69 Å². The number of benzene rings is 1. The van der Waals surface area contributed by atoms with Gasteiger partial charge in [-0.2, -0.15) is 0 Å². The fourth-order valence-electron chi connectivity index (χ4n) is 3.76. The zero-order valence-corrected chi connectivity index (χ0v) is 16.3. The Kier molecular flexibility index (Phi) is 5.89. The molecule has 2 heterocycles. The van der Waals surface area contributed by atoms with Gasteiger partial charge in [0.05, 0.1) is 4.88 Å². The summed E-state index contributed by atoms with van der Waals surface area (Å²) in [5.74, 6) is 0.131. The minimum absolute atomic E-state index is 0.131. The lowest BCUT2D eigenvalue weighted by molar-refractivity contribution is -1.01. The number of carbonyl (C=O) groups excluding carboxylic acids is 1. The van der Waals surface area contributed by atoms with Crippen LogP contribution in [0.25, 0.3) is 0 Å². The molecule has 3 N–H and O–H groups in total. The molecule has 0 atom stereocenters. The highest BCUT2D eigenvalue weighted by Crippen LogP contribution is 2.21. The normalized spacial score (nSPS) is 20.4. The number of thiophene rings is 1. The van der Waals surface area contributed by atoms with E-state index in [1.165, 1.54) is 15.3 Å². The predicted molar refractivity (Wildman–Crippen MR) is 104 cm³/mol. The van der Waals surface area contributed by atoms with Crippen molar-refractivity contribution in [2.45, 2.75) is 27.3 Å². The third kappa shape index (κ3) is 4.91. The molecular formula is C20H29N3OS+2. The number of hydrogen-bond donors (Lipinski definition) is 3. The lowest BCUT2D eigenvalue weighted by atomic mass is 10.1. The maximum Gasteiger partial charge on any atom is 0.279 e. The van der Waals surface area contributed by atoms with Crippen LogP contribution < -0.4 is 15.1 Å². The van der Waals surface area contributed by atoms with Gasteiger partial charge in [-0.3, -0.25) is 4.79 Å². The minimum atomic E-state index is 0.131. The topological polar surface area (TPSA) is 38.0 Å². The van der Waals surface area contributed by atoms with E-state index >= 15 is 0 Å². The van der Waals surface area contributed by atoms with Crippen molar-refractivity contribution in [2.24, 2.45) is 0 Å². The Morgan fingerprint density at radius 1 is 1.08 bits per heavy atom. The quantitative estimate of drug-likeness (QED) is 0.719. The SMILES string of the molecule is Cc1cc(C)c(NC(=O)C[NH+]2CC[NH+](Cc3cccs3)CC2)c(C)c1. The minimum Gasteiger partial charge on any atom is -0.321 e. The first-order chi connectivity index (χ1) is 12.0. The zero-order chi connectivity index (χ0) is 17.8. The van der Waals surface area contributed by atoms with E-state index in [2.05, 4.69) is 55.7 Å². The number of rotatable bonds is 5. The number of anilines is 1. The fraction of sp³-hybridized carbons (Fsp3) is 0.450. The summed E-state index contributed by atoms with van der Waals surface area (Å²) in [5, 5.41) is 5.28. The highest BCUT2D eigenvalue weighted by atomic mass is 32.1. The molecule has 1 aromatic heterocycles. The smallest absolute Gasteiger partial charge is 0.279 e. The number of quaternary nitrogens is 2. The molecule has 0 bridgehead atoms. The number of piperazine rings is 1. The molecule has 0 saturated carbocycles. The summed E-state index contributed by atoms with van der Waals surface area (Å²) in [6.07, 6.45) is 0. The van der Waals surface area contributed by atoms with Crippen molar-refractivity contribution in [3.05, 3.63) is 51.2 Å². The van der Waals surface area contributed by atoms with Gasteiger partial charge in [0.15, 0.2) is 6.54 Å². The molecule has 0 aliphatic carbocycles. The molecule has 1 saturated heterocycles. The van der Waals surface area contributed by atoms with Crippen molar-refractivity contribution in [1.29, 1.82) is 0 Å². The van der Waals surface area contributed by atoms with Crippen LogP contribution in [0.5, 0.6) is 0 Å². The molecule has 2 aromatic rings. The molecule has 1 aliphatic heterocycles. The monoisotopic (exact) mass is 359 g/mol. The summed E-state index contributed by atoms with van der Waals surface area (Å²) >= 11 is 1.84. The molecule has 4 nitrogen and oxygen atoms in total. The van der Waals surface area contributed by atoms with Crippen LogP contribution in [0.2, 0.25) is 0 Å². The van der Waals surface area contributed by atoms with E-state index in [1.54, 1.807) is 4.90 Å². The Morgan fingerprint density at radius 2 is 1.72 bits per heavy atom. The summed E-state index contributed by atoms with van der Waals surface area (Å²) in [6, 6.07) is 8.60. The van der Waals surface area contributed by atoms with Gasteiger partial charge in [-0.1, -0.05) is 23.8 Å². The Balaban J connectivity index is 1.48. The second-order valence-corrected chi connectivity index (χ2v) is 8.29. The van der Waals surface area contributed by atoms with E-state index < -0.39 is 0 Å². The molecule has 25 heavy (non-hydrogen) atoms. The van der Waals surface area contributed by atoms with E-state index in [0.717, 1.165) is 49.5 Å². The number of carbonyl (C=O) groups is 1. The Morgan fingerprint density at radius 3 is 2.32 bits per heavy atom. The first kappa shape index (κ1) is 18.1. The Labute approximate surface area is 154 Å². The predicted octanol–water partition coefficient (Wildman–Crippen LogP) is 0.595. The van der Waals surface area contributed by atoms with Gasteiger partial charge >= 0.3 is 0 Å². The van der Waals surface area contributed by atoms with Crippen LogP contribution in [0.4, 0.5) is 5.69 Å². The highest BCUT2D eigenvalue weighted by molar-refractivity contribution is 7.09. The molecule has 5 heteroatoms. The molecular weight excluding hydrogens is 330 g/mol. The van der Waals surface area contributed by atoms with Crippen molar-refractivity contribution in [2.75, 3.05) is 38.0 Å². The fourth-order valence-corrected chi connectivity index (χ4v) is 4.53. The Bertz CT molecular complexity index is 696. The molecule has 134 valence electrons. The zero-order valence-electron chi connectivity index (χ0n) is 15.4. The van der Waals surface area contributed by atoms with Gasteiger partial charge in [0.2, 0.25) is 0 Å². The van der Waals surface area contributed by atoms with E-state index in [9.17, 15) is 4.79 Å².